The second-order valence-electron chi connectivity index (χ2n) is 5.56. The van der Waals surface area contributed by atoms with Crippen molar-refractivity contribution in [2.75, 3.05) is 5.32 Å². The summed E-state index contributed by atoms with van der Waals surface area (Å²) < 4.78 is 5.29. The quantitative estimate of drug-likeness (QED) is 0.589. The summed E-state index contributed by atoms with van der Waals surface area (Å²) in [5, 5.41) is 7.18. The Morgan fingerprint density at radius 3 is 2.62 bits per heavy atom. The van der Waals surface area contributed by atoms with Gasteiger partial charge < -0.3 is 9.84 Å². The first-order chi connectivity index (χ1) is 12.8. The Kier molecular flexibility index (Phi) is 4.29. The maximum atomic E-state index is 5.29. The summed E-state index contributed by atoms with van der Waals surface area (Å²) in [6.07, 6.45) is 6.83. The van der Waals surface area contributed by atoms with E-state index in [1.165, 1.54) is 0 Å². The van der Waals surface area contributed by atoms with E-state index in [2.05, 4.69) is 35.4 Å². The number of hydrogen-bond donors (Lipinski definition) is 1. The highest BCUT2D eigenvalue weighted by Gasteiger charge is 2.10. The Bertz CT molecular complexity index is 1000. The molecule has 0 unspecified atom stereocenters. The van der Waals surface area contributed by atoms with Gasteiger partial charge in [-0.15, -0.1) is 0 Å². The molecular formula is C18H15N7O. The highest BCUT2D eigenvalue weighted by Crippen LogP contribution is 2.18. The zero-order chi connectivity index (χ0) is 17.8. The van der Waals surface area contributed by atoms with Crippen LogP contribution in [0.1, 0.15) is 11.6 Å². The smallest absolute Gasteiger partial charge is 0.246 e. The highest BCUT2D eigenvalue weighted by atomic mass is 16.5. The fourth-order valence-electron chi connectivity index (χ4n) is 2.39. The van der Waals surface area contributed by atoms with Gasteiger partial charge in [0.2, 0.25) is 11.7 Å². The van der Waals surface area contributed by atoms with E-state index in [4.69, 9.17) is 4.52 Å². The lowest BCUT2D eigenvalue weighted by molar-refractivity contribution is 0.384. The van der Waals surface area contributed by atoms with Crippen molar-refractivity contribution < 1.29 is 4.52 Å². The molecule has 0 aliphatic heterocycles. The van der Waals surface area contributed by atoms with Crippen LogP contribution in [0.25, 0.3) is 22.8 Å². The molecule has 0 aliphatic carbocycles. The fraction of sp³-hybridized carbons (Fsp3) is 0.111. The first-order valence-corrected chi connectivity index (χ1v) is 8.01. The normalized spacial score (nSPS) is 10.7. The second-order valence-corrected chi connectivity index (χ2v) is 5.56. The van der Waals surface area contributed by atoms with Gasteiger partial charge in [0.15, 0.2) is 5.82 Å². The molecule has 128 valence electrons. The van der Waals surface area contributed by atoms with Crippen molar-refractivity contribution in [2.24, 2.45) is 0 Å². The van der Waals surface area contributed by atoms with Crippen LogP contribution in [0.2, 0.25) is 0 Å². The predicted molar refractivity (Wildman–Crippen MR) is 94.9 cm³/mol. The summed E-state index contributed by atoms with van der Waals surface area (Å²) in [5.41, 5.74) is 2.56. The van der Waals surface area contributed by atoms with Crippen molar-refractivity contribution in [2.45, 2.75) is 13.5 Å². The summed E-state index contributed by atoms with van der Waals surface area (Å²) in [6.45, 7) is 2.28. The zero-order valence-electron chi connectivity index (χ0n) is 14.0. The number of anilines is 1. The minimum absolute atomic E-state index is 0.362. The molecule has 1 N–H and O–H groups in total. The van der Waals surface area contributed by atoms with Gasteiger partial charge in [0.05, 0.1) is 6.54 Å². The lowest BCUT2D eigenvalue weighted by atomic mass is 10.2. The molecule has 0 bridgehead atoms. The topological polar surface area (TPSA) is 103 Å². The summed E-state index contributed by atoms with van der Waals surface area (Å²) in [7, 11) is 0. The molecule has 8 nitrogen and oxygen atoms in total. The van der Waals surface area contributed by atoms with Gasteiger partial charge in [0.1, 0.15) is 5.82 Å². The van der Waals surface area contributed by atoms with E-state index >= 15 is 0 Å². The van der Waals surface area contributed by atoms with Crippen molar-refractivity contribution in [3.8, 4) is 22.8 Å². The summed E-state index contributed by atoms with van der Waals surface area (Å²) in [6, 6.07) is 9.30. The van der Waals surface area contributed by atoms with Crippen LogP contribution in [0.3, 0.4) is 0 Å². The number of hydrogen-bond acceptors (Lipinski definition) is 8. The average Bonchev–Trinajstić information content (AvgIpc) is 3.16. The van der Waals surface area contributed by atoms with Gasteiger partial charge in [-0.3, -0.25) is 9.97 Å². The number of aryl methyl sites for hydroxylation is 1. The van der Waals surface area contributed by atoms with Crippen LogP contribution in [-0.4, -0.2) is 30.1 Å². The summed E-state index contributed by atoms with van der Waals surface area (Å²) >= 11 is 0. The SMILES string of the molecule is Cc1cc(NCc2nc(-c3ccncc3)no2)nc(-c2cccnc2)n1. The highest BCUT2D eigenvalue weighted by molar-refractivity contribution is 5.56. The standard InChI is InChI=1S/C18H15N7O/c1-12-9-15(23-17(22-12)14-3-2-6-20-10-14)21-11-16-24-18(25-26-16)13-4-7-19-8-5-13/h2-10H,11H2,1H3,(H,21,22,23). The molecule has 0 saturated carbocycles. The Balaban J connectivity index is 1.50. The van der Waals surface area contributed by atoms with Crippen LogP contribution >= 0.6 is 0 Å². The minimum Gasteiger partial charge on any atom is -0.361 e. The number of aromatic nitrogens is 6. The first kappa shape index (κ1) is 15.8. The molecular weight excluding hydrogens is 330 g/mol. The molecule has 4 rings (SSSR count). The van der Waals surface area contributed by atoms with Crippen molar-refractivity contribution in [1.82, 2.24) is 30.1 Å². The van der Waals surface area contributed by atoms with Gasteiger partial charge in [-0.25, -0.2) is 9.97 Å². The van der Waals surface area contributed by atoms with Crippen molar-refractivity contribution in [3.63, 3.8) is 0 Å². The maximum absolute atomic E-state index is 5.29. The molecule has 0 atom stereocenters. The zero-order valence-corrected chi connectivity index (χ0v) is 14.0. The molecule has 0 aromatic carbocycles. The van der Waals surface area contributed by atoms with E-state index in [-0.39, 0.29) is 0 Å². The molecule has 4 aromatic heterocycles. The predicted octanol–water partition coefficient (Wildman–Crippen LogP) is 2.90. The van der Waals surface area contributed by atoms with Crippen LogP contribution in [0.5, 0.6) is 0 Å². The largest absolute Gasteiger partial charge is 0.361 e. The summed E-state index contributed by atoms with van der Waals surface area (Å²) in [4.78, 5) is 21.4. The van der Waals surface area contributed by atoms with Crippen LogP contribution in [0.15, 0.2) is 59.6 Å². The van der Waals surface area contributed by atoms with Crippen LogP contribution in [0, 0.1) is 6.92 Å². The summed E-state index contributed by atoms with van der Waals surface area (Å²) in [5.74, 6) is 2.29. The Labute approximate surface area is 149 Å². The van der Waals surface area contributed by atoms with E-state index in [9.17, 15) is 0 Å². The number of nitrogens with zero attached hydrogens (tertiary/aromatic N) is 6. The lowest BCUT2D eigenvalue weighted by Gasteiger charge is -2.06. The molecule has 0 saturated heterocycles. The molecule has 4 heterocycles. The first-order valence-electron chi connectivity index (χ1n) is 8.01. The van der Waals surface area contributed by atoms with Gasteiger partial charge in [0.25, 0.3) is 0 Å². The van der Waals surface area contributed by atoms with Crippen LogP contribution < -0.4 is 5.32 Å². The average molecular weight is 345 g/mol. The third kappa shape index (κ3) is 3.54. The Morgan fingerprint density at radius 1 is 0.923 bits per heavy atom. The lowest BCUT2D eigenvalue weighted by Crippen LogP contribution is -2.04. The third-order valence-corrected chi connectivity index (χ3v) is 3.60. The van der Waals surface area contributed by atoms with E-state index in [1.807, 2.05) is 37.3 Å². The Morgan fingerprint density at radius 2 is 1.81 bits per heavy atom. The van der Waals surface area contributed by atoms with Crippen LogP contribution in [0.4, 0.5) is 5.82 Å². The van der Waals surface area contributed by atoms with Crippen molar-refractivity contribution >= 4 is 5.82 Å². The van der Waals surface area contributed by atoms with E-state index in [0.29, 0.717) is 29.9 Å². The van der Waals surface area contributed by atoms with Gasteiger partial charge in [0, 0.05) is 47.7 Å². The van der Waals surface area contributed by atoms with E-state index in [1.54, 1.807) is 24.8 Å². The fourth-order valence-corrected chi connectivity index (χ4v) is 2.39. The van der Waals surface area contributed by atoms with Crippen molar-refractivity contribution in [1.29, 1.82) is 0 Å². The molecule has 4 aromatic rings. The molecule has 0 spiro atoms. The molecule has 0 radical (unpaired) electrons. The third-order valence-electron chi connectivity index (χ3n) is 3.60. The molecule has 0 aliphatic rings. The number of nitrogens with one attached hydrogen (secondary N) is 1. The monoisotopic (exact) mass is 345 g/mol. The maximum Gasteiger partial charge on any atom is 0.246 e. The second kappa shape index (κ2) is 7.06. The van der Waals surface area contributed by atoms with Crippen molar-refractivity contribution in [3.05, 3.63) is 66.7 Å². The molecule has 0 amide bonds. The van der Waals surface area contributed by atoms with Gasteiger partial charge in [-0.1, -0.05) is 5.16 Å². The van der Waals surface area contributed by atoms with Crippen LogP contribution in [-0.2, 0) is 6.54 Å². The van der Waals surface area contributed by atoms with Gasteiger partial charge >= 0.3 is 0 Å². The molecule has 26 heavy (non-hydrogen) atoms. The molecule has 0 fully saturated rings. The van der Waals surface area contributed by atoms with Gasteiger partial charge in [-0.05, 0) is 31.2 Å². The minimum atomic E-state index is 0.362. The number of rotatable bonds is 5. The van der Waals surface area contributed by atoms with E-state index in [0.717, 1.165) is 16.8 Å². The number of pyridine rings is 2. The van der Waals surface area contributed by atoms with Gasteiger partial charge in [-0.2, -0.15) is 4.98 Å². The van der Waals surface area contributed by atoms with E-state index < -0.39 is 0 Å². The Hall–Kier alpha value is -3.68. The molecule has 8 heteroatoms.